The summed E-state index contributed by atoms with van der Waals surface area (Å²) in [5.41, 5.74) is 1.95. The van der Waals surface area contributed by atoms with Crippen LogP contribution in [-0.2, 0) is 0 Å². The van der Waals surface area contributed by atoms with Gasteiger partial charge < -0.3 is 0 Å². The van der Waals surface area contributed by atoms with Gasteiger partial charge in [-0.25, -0.2) is 19.2 Å². The number of nitrogens with zero attached hydrogens (tertiary/aromatic N) is 5. The van der Waals surface area contributed by atoms with Crippen LogP contribution in [0.3, 0.4) is 0 Å². The van der Waals surface area contributed by atoms with Crippen LogP contribution in [0.1, 0.15) is 0 Å². The molecule has 15 heavy (non-hydrogen) atoms. The van der Waals surface area contributed by atoms with E-state index < -0.39 is 0 Å². The molecule has 5 nitrogen and oxygen atoms in total. The fraction of sp³-hybridized carbons (Fsp3) is 0.667. The standard InChI is InChI=1S/C9H14N5S/c1-9(10-2-15-1)14-6-11-3-12(7-14)5-13(4-11)8-14/h1-2H,3-8H2/q+1. The summed E-state index contributed by atoms with van der Waals surface area (Å²) in [5, 5.41) is 2.20. The summed E-state index contributed by atoms with van der Waals surface area (Å²) in [6.07, 6.45) is 0. The second kappa shape index (κ2) is 2.78. The molecule has 0 N–H and O–H groups in total. The fourth-order valence-electron chi connectivity index (χ4n) is 3.19. The Hall–Kier alpha value is -0.530. The molecule has 4 bridgehead atoms. The zero-order valence-electron chi connectivity index (χ0n) is 8.54. The molecule has 5 rings (SSSR count). The van der Waals surface area contributed by atoms with E-state index in [0.717, 1.165) is 44.5 Å². The first kappa shape index (κ1) is 8.60. The van der Waals surface area contributed by atoms with Gasteiger partial charge in [0.05, 0.1) is 30.9 Å². The van der Waals surface area contributed by atoms with E-state index in [1.807, 2.05) is 5.51 Å². The van der Waals surface area contributed by atoms with Gasteiger partial charge in [-0.3, -0.25) is 0 Å². The first-order chi connectivity index (χ1) is 7.34. The van der Waals surface area contributed by atoms with E-state index in [4.69, 9.17) is 0 Å². The zero-order valence-corrected chi connectivity index (χ0v) is 9.36. The number of rotatable bonds is 1. The average Bonchev–Trinajstić information content (AvgIpc) is 2.67. The van der Waals surface area contributed by atoms with Crippen molar-refractivity contribution in [3.05, 3.63) is 10.9 Å². The summed E-state index contributed by atoms with van der Waals surface area (Å²) in [5.74, 6) is 1.25. The molecule has 1 aromatic rings. The average molecular weight is 224 g/mol. The van der Waals surface area contributed by atoms with E-state index in [9.17, 15) is 0 Å². The van der Waals surface area contributed by atoms with Gasteiger partial charge in [-0.05, 0) is 0 Å². The van der Waals surface area contributed by atoms with Crippen molar-refractivity contribution in [3.63, 3.8) is 0 Å². The van der Waals surface area contributed by atoms with Crippen molar-refractivity contribution in [2.75, 3.05) is 40.0 Å². The molecule has 0 aliphatic carbocycles. The molecular formula is C9H14N5S+. The van der Waals surface area contributed by atoms with Gasteiger partial charge in [0.15, 0.2) is 0 Å². The third kappa shape index (κ3) is 1.14. The smallest absolute Gasteiger partial charge is 0.236 e. The van der Waals surface area contributed by atoms with Crippen molar-refractivity contribution in [2.45, 2.75) is 0 Å². The van der Waals surface area contributed by atoms with Crippen molar-refractivity contribution < 1.29 is 0 Å². The Morgan fingerprint density at radius 1 is 1.07 bits per heavy atom. The molecule has 0 aromatic carbocycles. The molecule has 4 aliphatic rings. The van der Waals surface area contributed by atoms with E-state index in [-0.39, 0.29) is 0 Å². The molecule has 0 atom stereocenters. The Morgan fingerprint density at radius 2 is 1.67 bits per heavy atom. The van der Waals surface area contributed by atoms with Crippen molar-refractivity contribution in [3.8, 4) is 0 Å². The molecule has 6 heteroatoms. The Kier molecular flexibility index (Phi) is 1.59. The number of hydrogen-bond donors (Lipinski definition) is 0. The summed E-state index contributed by atoms with van der Waals surface area (Å²) in [7, 11) is 0. The highest BCUT2D eigenvalue weighted by atomic mass is 32.1. The van der Waals surface area contributed by atoms with Crippen LogP contribution in [0.15, 0.2) is 10.9 Å². The van der Waals surface area contributed by atoms with Crippen LogP contribution >= 0.6 is 11.3 Å². The van der Waals surface area contributed by atoms with E-state index >= 15 is 0 Å². The van der Waals surface area contributed by atoms with Crippen molar-refractivity contribution in [2.24, 2.45) is 0 Å². The van der Waals surface area contributed by atoms with Gasteiger partial charge >= 0.3 is 0 Å². The summed E-state index contributed by atoms with van der Waals surface area (Å²) in [6.45, 7) is 6.83. The van der Waals surface area contributed by atoms with Crippen molar-refractivity contribution in [1.82, 2.24) is 24.2 Å². The lowest BCUT2D eigenvalue weighted by Gasteiger charge is -2.59. The van der Waals surface area contributed by atoms with Gasteiger partial charge in [0.2, 0.25) is 5.82 Å². The first-order valence-corrected chi connectivity index (χ1v) is 6.20. The number of aromatic nitrogens is 1. The van der Waals surface area contributed by atoms with Gasteiger partial charge in [-0.1, -0.05) is 0 Å². The number of hydrogen-bond acceptors (Lipinski definition) is 5. The molecule has 0 spiro atoms. The van der Waals surface area contributed by atoms with E-state index in [0.29, 0.717) is 0 Å². The normalized spacial score (nSPS) is 47.3. The summed E-state index contributed by atoms with van der Waals surface area (Å²) >= 11 is 1.71. The molecule has 4 aliphatic heterocycles. The molecule has 1 aromatic heterocycles. The highest BCUT2D eigenvalue weighted by Gasteiger charge is 2.50. The third-order valence-electron chi connectivity index (χ3n) is 3.52. The molecule has 4 saturated heterocycles. The summed E-state index contributed by atoms with van der Waals surface area (Å²) in [4.78, 5) is 12.0. The molecule has 0 radical (unpaired) electrons. The lowest BCUT2D eigenvalue weighted by atomic mass is 10.3. The first-order valence-electron chi connectivity index (χ1n) is 5.26. The Labute approximate surface area is 92.7 Å². The second-order valence-electron chi connectivity index (χ2n) is 4.85. The lowest BCUT2D eigenvalue weighted by molar-refractivity contribution is -0.190. The van der Waals surface area contributed by atoms with Gasteiger partial charge in [0.1, 0.15) is 20.0 Å². The highest BCUT2D eigenvalue weighted by molar-refractivity contribution is 7.07. The van der Waals surface area contributed by atoms with E-state index in [1.165, 1.54) is 5.82 Å². The monoisotopic (exact) mass is 224 g/mol. The van der Waals surface area contributed by atoms with Crippen LogP contribution in [0.4, 0.5) is 5.82 Å². The Morgan fingerprint density at radius 3 is 2.13 bits per heavy atom. The minimum absolute atomic E-state index is 1.02. The second-order valence-corrected chi connectivity index (χ2v) is 5.57. The quantitative estimate of drug-likeness (QED) is 0.633. The summed E-state index contributed by atoms with van der Waals surface area (Å²) < 4.78 is 1.02. The highest BCUT2D eigenvalue weighted by Crippen LogP contribution is 2.33. The maximum absolute atomic E-state index is 4.52. The predicted molar refractivity (Wildman–Crippen MR) is 58.6 cm³/mol. The van der Waals surface area contributed by atoms with Gasteiger partial charge in [-0.2, -0.15) is 4.98 Å². The van der Waals surface area contributed by atoms with E-state index in [1.54, 1.807) is 11.3 Å². The molecule has 0 saturated carbocycles. The van der Waals surface area contributed by atoms with E-state index in [2.05, 4.69) is 25.1 Å². The predicted octanol–water partition coefficient (Wildman–Crippen LogP) is 0.142. The van der Waals surface area contributed by atoms with Gasteiger partial charge in [-0.15, -0.1) is 11.3 Å². The molecule has 0 unspecified atom stereocenters. The molecule has 5 heterocycles. The molecule has 0 amide bonds. The largest absolute Gasteiger partial charge is 0.241 e. The lowest BCUT2D eigenvalue weighted by Crippen LogP contribution is -2.80. The van der Waals surface area contributed by atoms with Crippen LogP contribution < -0.4 is 4.48 Å². The van der Waals surface area contributed by atoms with Gasteiger partial charge in [0.25, 0.3) is 0 Å². The van der Waals surface area contributed by atoms with Crippen LogP contribution in [0.25, 0.3) is 0 Å². The Balaban J connectivity index is 1.77. The number of quaternary nitrogens is 1. The topological polar surface area (TPSA) is 22.6 Å². The summed E-state index contributed by atoms with van der Waals surface area (Å²) in [6, 6.07) is 0. The van der Waals surface area contributed by atoms with Crippen molar-refractivity contribution in [1.29, 1.82) is 0 Å². The van der Waals surface area contributed by atoms with Crippen LogP contribution in [0.5, 0.6) is 0 Å². The van der Waals surface area contributed by atoms with Crippen LogP contribution in [0, 0.1) is 0 Å². The van der Waals surface area contributed by atoms with Crippen molar-refractivity contribution >= 4 is 17.2 Å². The minimum atomic E-state index is 1.02. The minimum Gasteiger partial charge on any atom is -0.236 e. The fourth-order valence-corrected chi connectivity index (χ4v) is 3.83. The Bertz CT molecular complexity index is 341. The van der Waals surface area contributed by atoms with Crippen LogP contribution in [-0.4, -0.2) is 59.7 Å². The SMILES string of the molecule is c1nc([N+]23CN4CN(CN(C4)C2)C3)cs1. The third-order valence-corrected chi connectivity index (χ3v) is 4.09. The molecular weight excluding hydrogens is 210 g/mol. The van der Waals surface area contributed by atoms with Crippen LogP contribution in [0.2, 0.25) is 0 Å². The maximum Gasteiger partial charge on any atom is 0.241 e. The van der Waals surface area contributed by atoms with Gasteiger partial charge in [0, 0.05) is 0 Å². The molecule has 4 fully saturated rings. The maximum atomic E-state index is 4.52. The number of thiazole rings is 1. The zero-order chi connectivity index (χ0) is 9.88. The molecule has 80 valence electrons.